The van der Waals surface area contributed by atoms with Crippen molar-refractivity contribution in [1.29, 1.82) is 0 Å². The zero-order chi connectivity index (χ0) is 20.5. The Labute approximate surface area is 173 Å². The zero-order valence-electron chi connectivity index (χ0n) is 16.1. The molecule has 2 aromatic carbocycles. The molecule has 29 heavy (non-hydrogen) atoms. The van der Waals surface area contributed by atoms with Crippen molar-refractivity contribution in [3.8, 4) is 5.75 Å². The first kappa shape index (κ1) is 20.7. The van der Waals surface area contributed by atoms with Gasteiger partial charge in [0.1, 0.15) is 12.4 Å². The van der Waals surface area contributed by atoms with Crippen LogP contribution in [0.15, 0.2) is 76.7 Å². The van der Waals surface area contributed by atoms with E-state index in [1.807, 2.05) is 60.7 Å². The zero-order valence-corrected chi connectivity index (χ0v) is 16.9. The number of carbonyl (C=O) groups is 1. The van der Waals surface area contributed by atoms with Crippen LogP contribution in [-0.4, -0.2) is 27.7 Å². The van der Waals surface area contributed by atoms with E-state index in [1.165, 1.54) is 23.4 Å². The first-order valence-electron chi connectivity index (χ1n) is 9.36. The molecule has 1 unspecified atom stereocenters. The van der Waals surface area contributed by atoms with Gasteiger partial charge < -0.3 is 15.0 Å². The maximum atomic E-state index is 12.3. The van der Waals surface area contributed by atoms with E-state index in [0.29, 0.717) is 23.1 Å². The molecule has 7 heteroatoms. The van der Waals surface area contributed by atoms with Crippen molar-refractivity contribution in [3.05, 3.63) is 88.3 Å². The lowest BCUT2D eigenvalue weighted by molar-refractivity contribution is -0.120. The molecule has 1 atom stereocenters. The fourth-order valence-electron chi connectivity index (χ4n) is 2.63. The summed E-state index contributed by atoms with van der Waals surface area (Å²) in [5, 5.41) is 2.93. The number of carbonyl (C=O) groups excluding carboxylic acids is 1. The number of amides is 1. The summed E-state index contributed by atoms with van der Waals surface area (Å²) >= 11 is 1.21. The van der Waals surface area contributed by atoms with E-state index in [1.54, 1.807) is 6.92 Å². The number of ether oxygens (including phenoxy) is 1. The van der Waals surface area contributed by atoms with Crippen LogP contribution < -0.4 is 15.6 Å². The number of aromatic nitrogens is 2. The maximum Gasteiger partial charge on any atom is 0.251 e. The number of H-pyrrole nitrogens is 1. The van der Waals surface area contributed by atoms with E-state index >= 15 is 0 Å². The van der Waals surface area contributed by atoms with Crippen LogP contribution in [0.1, 0.15) is 18.2 Å². The quantitative estimate of drug-likeness (QED) is 0.419. The van der Waals surface area contributed by atoms with E-state index in [-0.39, 0.29) is 23.3 Å². The second kappa shape index (κ2) is 10.5. The average molecular weight is 410 g/mol. The molecule has 0 aliphatic heterocycles. The number of rotatable bonds is 9. The van der Waals surface area contributed by atoms with Gasteiger partial charge in [-0.2, -0.15) is 0 Å². The molecule has 0 aliphatic carbocycles. The Morgan fingerprint density at radius 1 is 1.14 bits per heavy atom. The van der Waals surface area contributed by atoms with Crippen LogP contribution >= 0.6 is 11.8 Å². The standard InChI is InChI=1S/C22H23N3O3S/c1-16(21(27)23-13-12-17-8-4-2-5-9-17)29-22-24-18(14-20(26)25-22)15-28-19-10-6-3-7-11-19/h2-11,14,16H,12-13,15H2,1H3,(H,23,27)(H,24,25,26). The van der Waals surface area contributed by atoms with Gasteiger partial charge in [0.25, 0.3) is 5.56 Å². The first-order chi connectivity index (χ1) is 14.1. The molecule has 0 spiro atoms. The van der Waals surface area contributed by atoms with Crippen LogP contribution in [0.4, 0.5) is 0 Å². The van der Waals surface area contributed by atoms with Gasteiger partial charge in [0.15, 0.2) is 5.16 Å². The lowest BCUT2D eigenvalue weighted by atomic mass is 10.1. The molecule has 3 aromatic rings. The molecule has 1 heterocycles. The number of nitrogens with one attached hydrogen (secondary N) is 2. The summed E-state index contributed by atoms with van der Waals surface area (Å²) in [6.45, 7) is 2.53. The number of thioether (sulfide) groups is 1. The molecule has 150 valence electrons. The molecular formula is C22H23N3O3S. The molecule has 1 amide bonds. The number of hydrogen-bond donors (Lipinski definition) is 2. The number of nitrogens with zero attached hydrogens (tertiary/aromatic N) is 1. The topological polar surface area (TPSA) is 84.1 Å². The summed E-state index contributed by atoms with van der Waals surface area (Å²) in [5.74, 6) is 0.606. The van der Waals surface area contributed by atoms with Crippen LogP contribution in [0.2, 0.25) is 0 Å². The van der Waals surface area contributed by atoms with Crippen LogP contribution in [0.3, 0.4) is 0 Å². The Bertz CT molecular complexity index is 977. The molecule has 0 radical (unpaired) electrons. The van der Waals surface area contributed by atoms with Gasteiger partial charge in [-0.15, -0.1) is 0 Å². The fraction of sp³-hybridized carbons (Fsp3) is 0.227. The SMILES string of the molecule is CC(Sc1nc(COc2ccccc2)cc(=O)[nH]1)C(=O)NCCc1ccccc1. The summed E-state index contributed by atoms with van der Waals surface area (Å²) in [4.78, 5) is 31.4. The molecule has 3 rings (SSSR count). The number of para-hydroxylation sites is 1. The Kier molecular flexibility index (Phi) is 7.47. The molecule has 2 N–H and O–H groups in total. The Hall–Kier alpha value is -3.06. The van der Waals surface area contributed by atoms with Crippen molar-refractivity contribution in [3.63, 3.8) is 0 Å². The highest BCUT2D eigenvalue weighted by Gasteiger charge is 2.16. The molecule has 0 saturated carbocycles. The van der Waals surface area contributed by atoms with Crippen molar-refractivity contribution in [2.45, 2.75) is 30.4 Å². The molecule has 0 saturated heterocycles. The van der Waals surface area contributed by atoms with E-state index < -0.39 is 0 Å². The van der Waals surface area contributed by atoms with E-state index in [4.69, 9.17) is 4.74 Å². The summed E-state index contributed by atoms with van der Waals surface area (Å²) in [5.41, 5.74) is 1.41. The van der Waals surface area contributed by atoms with Gasteiger partial charge in [0.05, 0.1) is 10.9 Å². The van der Waals surface area contributed by atoms with Crippen LogP contribution in [-0.2, 0) is 17.8 Å². The second-order valence-electron chi connectivity index (χ2n) is 6.43. The predicted octanol–water partition coefficient (Wildman–Crippen LogP) is 3.19. The van der Waals surface area contributed by atoms with Crippen molar-refractivity contribution in [2.75, 3.05) is 6.54 Å². The minimum atomic E-state index is -0.390. The fourth-order valence-corrected chi connectivity index (χ4v) is 3.48. The normalized spacial score (nSPS) is 11.6. The number of hydrogen-bond acceptors (Lipinski definition) is 5. The summed E-state index contributed by atoms with van der Waals surface area (Å²) in [7, 11) is 0. The van der Waals surface area contributed by atoms with E-state index in [2.05, 4.69) is 15.3 Å². The maximum absolute atomic E-state index is 12.3. The van der Waals surface area contributed by atoms with Gasteiger partial charge in [-0.05, 0) is 31.0 Å². The average Bonchev–Trinajstić information content (AvgIpc) is 2.73. The molecular weight excluding hydrogens is 386 g/mol. The van der Waals surface area contributed by atoms with Crippen LogP contribution in [0.5, 0.6) is 5.75 Å². The Morgan fingerprint density at radius 3 is 2.55 bits per heavy atom. The summed E-state index contributed by atoms with van der Waals surface area (Å²) in [6.07, 6.45) is 0.769. The van der Waals surface area contributed by atoms with Gasteiger partial charge in [-0.25, -0.2) is 4.98 Å². The first-order valence-corrected chi connectivity index (χ1v) is 10.2. The van der Waals surface area contributed by atoms with Gasteiger partial charge in [-0.3, -0.25) is 9.59 Å². The van der Waals surface area contributed by atoms with Gasteiger partial charge in [0, 0.05) is 12.6 Å². The number of benzene rings is 2. The largest absolute Gasteiger partial charge is 0.487 e. The monoisotopic (exact) mass is 409 g/mol. The molecule has 6 nitrogen and oxygen atoms in total. The third-order valence-corrected chi connectivity index (χ3v) is 5.10. The minimum Gasteiger partial charge on any atom is -0.487 e. The van der Waals surface area contributed by atoms with Crippen molar-refractivity contribution >= 4 is 17.7 Å². The van der Waals surface area contributed by atoms with Crippen LogP contribution in [0, 0.1) is 0 Å². The van der Waals surface area contributed by atoms with E-state index in [0.717, 1.165) is 6.42 Å². The lowest BCUT2D eigenvalue weighted by Gasteiger charge is -2.12. The summed E-state index contributed by atoms with van der Waals surface area (Å²) in [6, 6.07) is 20.7. The number of aromatic amines is 1. The van der Waals surface area contributed by atoms with Crippen molar-refractivity contribution < 1.29 is 9.53 Å². The van der Waals surface area contributed by atoms with Crippen molar-refractivity contribution in [2.24, 2.45) is 0 Å². The Morgan fingerprint density at radius 2 is 1.83 bits per heavy atom. The molecule has 0 bridgehead atoms. The highest BCUT2D eigenvalue weighted by atomic mass is 32.2. The second-order valence-corrected chi connectivity index (χ2v) is 7.76. The highest BCUT2D eigenvalue weighted by molar-refractivity contribution is 8.00. The molecule has 1 aromatic heterocycles. The molecule has 0 aliphatic rings. The van der Waals surface area contributed by atoms with Crippen molar-refractivity contribution in [1.82, 2.24) is 15.3 Å². The summed E-state index contributed by atoms with van der Waals surface area (Å²) < 4.78 is 5.65. The van der Waals surface area contributed by atoms with Gasteiger partial charge in [0.2, 0.25) is 5.91 Å². The van der Waals surface area contributed by atoms with Gasteiger partial charge >= 0.3 is 0 Å². The highest BCUT2D eigenvalue weighted by Crippen LogP contribution is 2.19. The van der Waals surface area contributed by atoms with Crippen LogP contribution in [0.25, 0.3) is 0 Å². The molecule has 0 fully saturated rings. The minimum absolute atomic E-state index is 0.0977. The predicted molar refractivity (Wildman–Crippen MR) is 114 cm³/mol. The smallest absolute Gasteiger partial charge is 0.251 e. The van der Waals surface area contributed by atoms with E-state index in [9.17, 15) is 9.59 Å². The van der Waals surface area contributed by atoms with Gasteiger partial charge in [-0.1, -0.05) is 60.3 Å². The Balaban J connectivity index is 1.52. The third-order valence-electron chi connectivity index (χ3n) is 4.12. The lowest BCUT2D eigenvalue weighted by Crippen LogP contribution is -2.32. The third kappa shape index (κ3) is 6.80.